The van der Waals surface area contributed by atoms with E-state index < -0.39 is 23.9 Å². The van der Waals surface area contributed by atoms with Gasteiger partial charge < -0.3 is 26.2 Å². The topological polar surface area (TPSA) is 131 Å². The molecule has 0 aromatic rings. The van der Waals surface area contributed by atoms with E-state index in [-0.39, 0.29) is 25.0 Å². The minimum Gasteiger partial charge on any atom is -0.480 e. The van der Waals surface area contributed by atoms with Gasteiger partial charge in [0.05, 0.1) is 12.1 Å². The summed E-state index contributed by atoms with van der Waals surface area (Å²) in [4.78, 5) is 33.4. The van der Waals surface area contributed by atoms with Crippen molar-refractivity contribution < 1.29 is 24.2 Å². The number of carbonyl (C=O) groups excluding carboxylic acids is 2. The Labute approximate surface area is 117 Å². The van der Waals surface area contributed by atoms with Crippen molar-refractivity contribution in [2.75, 3.05) is 7.11 Å². The fourth-order valence-corrected chi connectivity index (χ4v) is 2.29. The summed E-state index contributed by atoms with van der Waals surface area (Å²) in [6.07, 6.45) is 2.44. The quantitative estimate of drug-likeness (QED) is 0.504. The molecule has 1 rings (SSSR count). The average Bonchev–Trinajstić information content (AvgIpc) is 2.80. The van der Waals surface area contributed by atoms with E-state index in [9.17, 15) is 14.4 Å². The van der Waals surface area contributed by atoms with Crippen LogP contribution in [-0.2, 0) is 14.3 Å². The molecule has 0 spiro atoms. The van der Waals surface area contributed by atoms with Crippen LogP contribution >= 0.6 is 0 Å². The number of primary amides is 1. The highest BCUT2D eigenvalue weighted by Gasteiger charge is 2.29. The Morgan fingerprint density at radius 1 is 1.40 bits per heavy atom. The molecule has 0 aromatic heterocycles. The highest BCUT2D eigenvalue weighted by atomic mass is 16.5. The van der Waals surface area contributed by atoms with Crippen LogP contribution in [0.5, 0.6) is 0 Å². The SMILES string of the molecule is COC1CCCC1NC(=O)N[C@H](CCC(N)=O)C(=O)O. The fourth-order valence-electron chi connectivity index (χ4n) is 2.29. The van der Waals surface area contributed by atoms with E-state index in [4.69, 9.17) is 15.6 Å². The molecular formula is C12H21N3O5. The van der Waals surface area contributed by atoms with Gasteiger partial charge >= 0.3 is 12.0 Å². The molecule has 20 heavy (non-hydrogen) atoms. The van der Waals surface area contributed by atoms with E-state index in [0.717, 1.165) is 19.3 Å². The van der Waals surface area contributed by atoms with Crippen molar-refractivity contribution in [3.8, 4) is 0 Å². The third kappa shape index (κ3) is 5.04. The van der Waals surface area contributed by atoms with E-state index in [0.29, 0.717) is 0 Å². The molecule has 3 atom stereocenters. The van der Waals surface area contributed by atoms with Crippen molar-refractivity contribution in [2.45, 2.75) is 50.3 Å². The number of hydrogen-bond acceptors (Lipinski definition) is 4. The minimum absolute atomic E-state index is 0.0313. The largest absolute Gasteiger partial charge is 0.480 e. The van der Waals surface area contributed by atoms with Gasteiger partial charge in [0, 0.05) is 13.5 Å². The van der Waals surface area contributed by atoms with Crippen molar-refractivity contribution in [2.24, 2.45) is 5.73 Å². The summed E-state index contributed by atoms with van der Waals surface area (Å²) < 4.78 is 5.24. The second kappa shape index (κ2) is 7.68. The van der Waals surface area contributed by atoms with Gasteiger partial charge in [-0.05, 0) is 25.7 Å². The Morgan fingerprint density at radius 3 is 2.65 bits per heavy atom. The molecule has 0 aliphatic heterocycles. The predicted octanol–water partition coefficient (Wildman–Crippen LogP) is -0.428. The van der Waals surface area contributed by atoms with Crippen LogP contribution in [0.25, 0.3) is 0 Å². The standard InChI is InChI=1S/C12H21N3O5/c1-20-9-4-2-3-7(9)14-12(19)15-8(11(17)18)5-6-10(13)16/h7-9H,2-6H2,1H3,(H2,13,16)(H,17,18)(H2,14,15,19)/t7?,8-,9?/m1/s1. The monoisotopic (exact) mass is 287 g/mol. The lowest BCUT2D eigenvalue weighted by Gasteiger charge is -2.21. The number of carboxylic acids is 1. The second-order valence-electron chi connectivity index (χ2n) is 4.83. The number of amides is 3. The molecule has 114 valence electrons. The molecule has 0 heterocycles. The highest BCUT2D eigenvalue weighted by Crippen LogP contribution is 2.21. The van der Waals surface area contributed by atoms with Crippen molar-refractivity contribution in [3.63, 3.8) is 0 Å². The zero-order chi connectivity index (χ0) is 15.1. The smallest absolute Gasteiger partial charge is 0.326 e. The number of urea groups is 1. The summed E-state index contributed by atoms with van der Waals surface area (Å²) >= 11 is 0. The number of hydrogen-bond donors (Lipinski definition) is 4. The van der Waals surface area contributed by atoms with Crippen molar-refractivity contribution in [3.05, 3.63) is 0 Å². The molecule has 0 radical (unpaired) electrons. The molecule has 3 amide bonds. The lowest BCUT2D eigenvalue weighted by atomic mass is 10.1. The molecule has 1 saturated carbocycles. The molecule has 0 bridgehead atoms. The zero-order valence-corrected chi connectivity index (χ0v) is 11.4. The van der Waals surface area contributed by atoms with Crippen LogP contribution in [0.15, 0.2) is 0 Å². The second-order valence-corrected chi connectivity index (χ2v) is 4.83. The average molecular weight is 287 g/mol. The third-order valence-electron chi connectivity index (χ3n) is 3.35. The van der Waals surface area contributed by atoms with Gasteiger partial charge in [-0.1, -0.05) is 0 Å². The number of nitrogens with one attached hydrogen (secondary N) is 2. The maximum atomic E-state index is 11.8. The molecule has 5 N–H and O–H groups in total. The van der Waals surface area contributed by atoms with Gasteiger partial charge in [0.2, 0.25) is 5.91 Å². The number of nitrogens with two attached hydrogens (primary N) is 1. The highest BCUT2D eigenvalue weighted by molar-refractivity contribution is 5.83. The number of carboxylic acid groups (broad SMARTS) is 1. The van der Waals surface area contributed by atoms with Gasteiger partial charge in [0.1, 0.15) is 6.04 Å². The minimum atomic E-state index is -1.20. The first-order chi connectivity index (χ1) is 9.43. The lowest BCUT2D eigenvalue weighted by Crippen LogP contribution is -2.51. The summed E-state index contributed by atoms with van der Waals surface area (Å²) in [6.45, 7) is 0. The van der Waals surface area contributed by atoms with Gasteiger partial charge in [-0.25, -0.2) is 9.59 Å². The summed E-state index contributed by atoms with van der Waals surface area (Å²) in [6, 6.07) is -1.83. The Kier molecular flexibility index (Phi) is 6.23. The van der Waals surface area contributed by atoms with Crippen LogP contribution in [0.2, 0.25) is 0 Å². The summed E-state index contributed by atoms with van der Waals surface area (Å²) in [5.74, 6) is -1.80. The van der Waals surface area contributed by atoms with Crippen LogP contribution in [0.1, 0.15) is 32.1 Å². The number of ether oxygens (including phenoxy) is 1. The molecule has 1 aliphatic carbocycles. The van der Waals surface area contributed by atoms with Crippen molar-refractivity contribution in [1.82, 2.24) is 10.6 Å². The Hall–Kier alpha value is -1.83. The van der Waals surface area contributed by atoms with Gasteiger partial charge in [-0.2, -0.15) is 0 Å². The molecule has 0 aromatic carbocycles. The molecule has 1 fully saturated rings. The lowest BCUT2D eigenvalue weighted by molar-refractivity contribution is -0.139. The van der Waals surface area contributed by atoms with E-state index in [1.54, 1.807) is 7.11 Å². The fraction of sp³-hybridized carbons (Fsp3) is 0.750. The molecule has 1 aliphatic rings. The maximum Gasteiger partial charge on any atom is 0.326 e. The van der Waals surface area contributed by atoms with E-state index in [1.165, 1.54) is 0 Å². The third-order valence-corrected chi connectivity index (χ3v) is 3.35. The van der Waals surface area contributed by atoms with Gasteiger partial charge in [0.25, 0.3) is 0 Å². The number of aliphatic carboxylic acids is 1. The van der Waals surface area contributed by atoms with Crippen LogP contribution < -0.4 is 16.4 Å². The first kappa shape index (κ1) is 16.2. The Morgan fingerprint density at radius 2 is 2.10 bits per heavy atom. The summed E-state index contributed by atoms with van der Waals surface area (Å²) in [5.41, 5.74) is 4.96. The molecular weight excluding hydrogens is 266 g/mol. The predicted molar refractivity (Wildman–Crippen MR) is 70.0 cm³/mol. The number of carbonyl (C=O) groups is 3. The van der Waals surface area contributed by atoms with E-state index in [2.05, 4.69) is 10.6 Å². The summed E-state index contributed by atoms with van der Waals surface area (Å²) in [5, 5.41) is 14.0. The van der Waals surface area contributed by atoms with Crippen LogP contribution in [0.3, 0.4) is 0 Å². The van der Waals surface area contributed by atoms with E-state index >= 15 is 0 Å². The van der Waals surface area contributed by atoms with Crippen LogP contribution in [-0.4, -0.2) is 48.3 Å². The molecule has 8 nitrogen and oxygen atoms in total. The number of methoxy groups -OCH3 is 1. The molecule has 2 unspecified atom stereocenters. The normalized spacial score (nSPS) is 23.1. The molecule has 0 saturated heterocycles. The molecule has 8 heteroatoms. The Bertz CT molecular complexity index is 374. The zero-order valence-electron chi connectivity index (χ0n) is 11.4. The first-order valence-corrected chi connectivity index (χ1v) is 6.55. The van der Waals surface area contributed by atoms with Crippen LogP contribution in [0, 0.1) is 0 Å². The Balaban J connectivity index is 2.45. The van der Waals surface area contributed by atoms with Crippen molar-refractivity contribution in [1.29, 1.82) is 0 Å². The van der Waals surface area contributed by atoms with Gasteiger partial charge in [-0.3, -0.25) is 4.79 Å². The van der Waals surface area contributed by atoms with Crippen molar-refractivity contribution >= 4 is 17.9 Å². The van der Waals surface area contributed by atoms with Gasteiger partial charge in [0.15, 0.2) is 0 Å². The van der Waals surface area contributed by atoms with E-state index in [1.807, 2.05) is 0 Å². The number of rotatable bonds is 7. The first-order valence-electron chi connectivity index (χ1n) is 6.55. The summed E-state index contributed by atoms with van der Waals surface area (Å²) in [7, 11) is 1.58. The van der Waals surface area contributed by atoms with Gasteiger partial charge in [-0.15, -0.1) is 0 Å². The maximum absolute atomic E-state index is 11.8. The van der Waals surface area contributed by atoms with Crippen LogP contribution in [0.4, 0.5) is 4.79 Å².